The lowest BCUT2D eigenvalue weighted by molar-refractivity contribution is 0.0937. The first-order valence-electron chi connectivity index (χ1n) is 6.23. The van der Waals surface area contributed by atoms with Crippen LogP contribution < -0.4 is 5.32 Å². The summed E-state index contributed by atoms with van der Waals surface area (Å²) in [5, 5.41) is 13.3. The molecular formula is C14H19NO2S. The van der Waals surface area contributed by atoms with Crippen molar-refractivity contribution in [3.63, 3.8) is 0 Å². The normalized spacial score (nSPS) is 23.0. The lowest BCUT2D eigenvalue weighted by Crippen LogP contribution is -2.33. The van der Waals surface area contributed by atoms with Crippen molar-refractivity contribution in [2.45, 2.75) is 37.5 Å². The van der Waals surface area contributed by atoms with E-state index in [0.717, 1.165) is 18.4 Å². The van der Waals surface area contributed by atoms with Gasteiger partial charge in [-0.25, -0.2) is 0 Å². The molecule has 2 unspecified atom stereocenters. The molecule has 0 saturated heterocycles. The first-order valence-corrected chi connectivity index (χ1v) is 7.52. The Labute approximate surface area is 112 Å². The minimum atomic E-state index is -0.0861. The Morgan fingerprint density at radius 3 is 2.83 bits per heavy atom. The maximum absolute atomic E-state index is 12.0. The summed E-state index contributed by atoms with van der Waals surface area (Å²) in [6.07, 6.45) is 5.39. The number of amides is 1. The number of phenols is 1. The van der Waals surface area contributed by atoms with Crippen LogP contribution in [0.3, 0.4) is 0 Å². The fourth-order valence-corrected chi connectivity index (χ4v) is 3.10. The molecule has 0 radical (unpaired) electrons. The smallest absolute Gasteiger partial charge is 0.251 e. The fourth-order valence-electron chi connectivity index (χ4n) is 2.30. The summed E-state index contributed by atoms with van der Waals surface area (Å²) in [5.41, 5.74) is 1.32. The Morgan fingerprint density at radius 1 is 1.44 bits per heavy atom. The molecule has 2 atom stereocenters. The Kier molecular flexibility index (Phi) is 4.17. The Bertz CT molecular complexity index is 447. The van der Waals surface area contributed by atoms with Crippen LogP contribution in [0.2, 0.25) is 0 Å². The number of phenolic OH excluding ortho intramolecular Hbond substituents is 1. The van der Waals surface area contributed by atoms with Crippen LogP contribution in [-0.4, -0.2) is 28.6 Å². The standard InChI is InChI=1S/C14H19NO2S/c1-9-3-4-10(7-13(9)16)14(17)15-11-5-6-12(8-11)18-2/h3-4,7,11-12,16H,5-6,8H2,1-2H3,(H,15,17). The van der Waals surface area contributed by atoms with Crippen molar-refractivity contribution in [2.75, 3.05) is 6.26 Å². The van der Waals surface area contributed by atoms with E-state index in [-0.39, 0.29) is 17.7 Å². The summed E-state index contributed by atoms with van der Waals surface area (Å²) in [6, 6.07) is 5.33. The van der Waals surface area contributed by atoms with Gasteiger partial charge in [0.15, 0.2) is 0 Å². The summed E-state index contributed by atoms with van der Waals surface area (Å²) in [4.78, 5) is 12.0. The number of nitrogens with one attached hydrogen (secondary N) is 1. The molecule has 1 aliphatic carbocycles. The number of carbonyl (C=O) groups excluding carboxylic acids is 1. The maximum Gasteiger partial charge on any atom is 0.251 e. The number of hydrogen-bond acceptors (Lipinski definition) is 3. The average molecular weight is 265 g/mol. The Hall–Kier alpha value is -1.16. The SMILES string of the molecule is CSC1CCC(NC(=O)c2ccc(C)c(O)c2)C1. The van der Waals surface area contributed by atoms with Crippen LogP contribution in [0.15, 0.2) is 18.2 Å². The van der Waals surface area contributed by atoms with Crippen LogP contribution in [-0.2, 0) is 0 Å². The number of carbonyl (C=O) groups is 1. The van der Waals surface area contributed by atoms with Crippen molar-refractivity contribution in [1.29, 1.82) is 0 Å². The van der Waals surface area contributed by atoms with E-state index in [4.69, 9.17) is 0 Å². The summed E-state index contributed by atoms with van der Waals surface area (Å²) in [5.74, 6) is 0.0908. The largest absolute Gasteiger partial charge is 0.508 e. The maximum atomic E-state index is 12.0. The summed E-state index contributed by atoms with van der Waals surface area (Å²) < 4.78 is 0. The molecule has 1 aromatic rings. The van der Waals surface area contributed by atoms with Gasteiger partial charge >= 0.3 is 0 Å². The van der Waals surface area contributed by atoms with Crippen molar-refractivity contribution >= 4 is 17.7 Å². The second-order valence-electron chi connectivity index (χ2n) is 4.84. The molecule has 98 valence electrons. The van der Waals surface area contributed by atoms with Gasteiger partial charge in [0.1, 0.15) is 5.75 Å². The zero-order valence-electron chi connectivity index (χ0n) is 10.8. The third-order valence-corrected chi connectivity index (χ3v) is 4.62. The van der Waals surface area contributed by atoms with E-state index in [1.165, 1.54) is 12.5 Å². The van der Waals surface area contributed by atoms with Crippen molar-refractivity contribution in [1.82, 2.24) is 5.32 Å². The van der Waals surface area contributed by atoms with Gasteiger partial charge in [0.05, 0.1) is 0 Å². The third kappa shape index (κ3) is 2.99. The topological polar surface area (TPSA) is 49.3 Å². The molecule has 1 saturated carbocycles. The summed E-state index contributed by atoms with van der Waals surface area (Å²) >= 11 is 1.87. The first-order chi connectivity index (χ1) is 8.60. The molecule has 1 amide bonds. The highest BCUT2D eigenvalue weighted by molar-refractivity contribution is 7.99. The van der Waals surface area contributed by atoms with Crippen LogP contribution in [0.1, 0.15) is 35.2 Å². The molecule has 3 nitrogen and oxygen atoms in total. The number of hydrogen-bond donors (Lipinski definition) is 2. The minimum Gasteiger partial charge on any atom is -0.508 e. The highest BCUT2D eigenvalue weighted by Crippen LogP contribution is 2.28. The van der Waals surface area contributed by atoms with E-state index in [1.54, 1.807) is 12.1 Å². The van der Waals surface area contributed by atoms with Gasteiger partial charge in [0, 0.05) is 16.9 Å². The number of aromatic hydroxyl groups is 1. The van der Waals surface area contributed by atoms with Gasteiger partial charge in [-0.2, -0.15) is 11.8 Å². The van der Waals surface area contributed by atoms with Crippen LogP contribution in [0.4, 0.5) is 0 Å². The van der Waals surface area contributed by atoms with Crippen LogP contribution in [0, 0.1) is 6.92 Å². The van der Waals surface area contributed by atoms with E-state index >= 15 is 0 Å². The Morgan fingerprint density at radius 2 is 2.22 bits per heavy atom. The van der Waals surface area contributed by atoms with Gasteiger partial charge < -0.3 is 10.4 Å². The first kappa shape index (κ1) is 13.3. The van der Waals surface area contributed by atoms with Gasteiger partial charge in [-0.05, 0) is 50.1 Å². The van der Waals surface area contributed by atoms with E-state index in [2.05, 4.69) is 11.6 Å². The number of aryl methyl sites for hydroxylation is 1. The summed E-state index contributed by atoms with van der Waals surface area (Å²) in [7, 11) is 0. The molecule has 0 aromatic heterocycles. The van der Waals surface area contributed by atoms with Gasteiger partial charge in [0.2, 0.25) is 0 Å². The van der Waals surface area contributed by atoms with Gasteiger partial charge in [-0.15, -0.1) is 0 Å². The van der Waals surface area contributed by atoms with Crippen molar-refractivity contribution in [3.05, 3.63) is 29.3 Å². The van der Waals surface area contributed by atoms with Gasteiger partial charge in [-0.1, -0.05) is 6.07 Å². The highest BCUT2D eigenvalue weighted by Gasteiger charge is 2.25. The van der Waals surface area contributed by atoms with Crippen LogP contribution in [0.25, 0.3) is 0 Å². The van der Waals surface area contributed by atoms with Crippen molar-refractivity contribution in [2.24, 2.45) is 0 Å². The molecule has 1 aliphatic rings. The predicted octanol–water partition coefficient (Wildman–Crippen LogP) is 2.71. The lowest BCUT2D eigenvalue weighted by Gasteiger charge is -2.13. The van der Waals surface area contributed by atoms with Crippen LogP contribution in [0.5, 0.6) is 5.75 Å². The number of rotatable bonds is 3. The van der Waals surface area contributed by atoms with Crippen molar-refractivity contribution in [3.8, 4) is 5.75 Å². The number of benzene rings is 1. The number of thioether (sulfide) groups is 1. The molecule has 2 N–H and O–H groups in total. The monoisotopic (exact) mass is 265 g/mol. The molecule has 0 heterocycles. The average Bonchev–Trinajstić information content (AvgIpc) is 2.80. The fraction of sp³-hybridized carbons (Fsp3) is 0.500. The molecule has 1 aromatic carbocycles. The Balaban J connectivity index is 1.97. The molecular weight excluding hydrogens is 246 g/mol. The molecule has 0 spiro atoms. The van der Waals surface area contributed by atoms with E-state index in [9.17, 15) is 9.90 Å². The molecule has 1 fully saturated rings. The second kappa shape index (κ2) is 5.65. The highest BCUT2D eigenvalue weighted by atomic mass is 32.2. The zero-order valence-corrected chi connectivity index (χ0v) is 11.6. The zero-order chi connectivity index (χ0) is 13.1. The van der Waals surface area contributed by atoms with E-state index in [0.29, 0.717) is 10.8 Å². The quantitative estimate of drug-likeness (QED) is 0.883. The molecule has 18 heavy (non-hydrogen) atoms. The molecule has 4 heteroatoms. The van der Waals surface area contributed by atoms with Gasteiger partial charge in [-0.3, -0.25) is 4.79 Å². The minimum absolute atomic E-state index is 0.0861. The summed E-state index contributed by atoms with van der Waals surface area (Å²) in [6.45, 7) is 1.82. The van der Waals surface area contributed by atoms with Crippen molar-refractivity contribution < 1.29 is 9.90 Å². The van der Waals surface area contributed by atoms with E-state index < -0.39 is 0 Å². The van der Waals surface area contributed by atoms with Gasteiger partial charge in [0.25, 0.3) is 5.91 Å². The van der Waals surface area contributed by atoms with E-state index in [1.807, 2.05) is 18.7 Å². The molecule has 0 bridgehead atoms. The second-order valence-corrected chi connectivity index (χ2v) is 5.98. The molecule has 2 rings (SSSR count). The third-order valence-electron chi connectivity index (χ3n) is 3.52. The van der Waals surface area contributed by atoms with Crippen LogP contribution >= 0.6 is 11.8 Å². The molecule has 0 aliphatic heterocycles. The predicted molar refractivity (Wildman–Crippen MR) is 75.3 cm³/mol. The lowest BCUT2D eigenvalue weighted by atomic mass is 10.1.